The van der Waals surface area contributed by atoms with Crippen molar-refractivity contribution in [1.82, 2.24) is 71.4 Å². The van der Waals surface area contributed by atoms with Crippen LogP contribution in [0.15, 0.2) is 72.9 Å². The number of nitrogens with two attached hydrogens (primary N) is 1. The molecular weight excluding hydrogens is 1920 g/mol. The average molecular weight is 2090 g/mol. The Bertz CT molecular complexity index is 4480. The third kappa shape index (κ3) is 42.5. The van der Waals surface area contributed by atoms with Crippen LogP contribution < -0.4 is 48.3 Å². The first kappa shape index (κ1) is 127. The molecule has 1 fully saturated rings. The van der Waals surface area contributed by atoms with Gasteiger partial charge in [0, 0.05) is 98.3 Å². The molecule has 0 radical (unpaired) electrons. The van der Waals surface area contributed by atoms with Gasteiger partial charge < -0.3 is 147 Å². The van der Waals surface area contributed by atoms with Crippen molar-refractivity contribution in [2.24, 2.45) is 35.3 Å². The molecule has 21 N–H and O–H groups in total. The average Bonchev–Trinajstić information content (AvgIpc) is 1.67. The van der Waals surface area contributed by atoms with Gasteiger partial charge in [-0.25, -0.2) is 14.3 Å². The number of aliphatic hydroxyl groups is 11. The third-order valence-corrected chi connectivity index (χ3v) is 26.0. The lowest BCUT2D eigenvalue weighted by Crippen LogP contribution is -2.60. The number of nitrogens with zero attached hydrogens (tertiary/aromatic N) is 8. The number of benzene rings is 2. The summed E-state index contributed by atoms with van der Waals surface area (Å²) in [5, 5.41) is 141. The summed E-state index contributed by atoms with van der Waals surface area (Å²) in [6.07, 6.45) is -11.3. The summed E-state index contributed by atoms with van der Waals surface area (Å²) in [6, 6.07) is 6.43. The number of likely N-dealkylation sites (N-methyl/N-ethyl adjacent to an activating group) is 2. The van der Waals surface area contributed by atoms with Crippen LogP contribution in [0, 0.1) is 29.6 Å². The molecular formula is C99H163N17O31. The zero-order valence-electron chi connectivity index (χ0n) is 87.2. The van der Waals surface area contributed by atoms with Crippen molar-refractivity contribution in [3.05, 3.63) is 84.1 Å². The fourth-order valence-corrected chi connectivity index (χ4v) is 17.2. The standard InChI is InChI=1S/C99H163N17O31/c1-15-62(8)85(75(141-13)52-81(127)114-41-25-30-70(114)91(142-14)63(9)92(133)103-64(10)86(128)66-26-18-16-19-27-66)111(11)97(138)83(60(4)5)109-96(137)84(61(6)7)112(12)99(140)147-58-65-33-35-67(36-34-65)104-93(134)69(29-24-39-101-98(100)139)106-95(136)82(59(2)3)108-94(135)68(105-77(123)31-20-17-23-40-115-79(125)37-38-80(115)126)28-21-22-32-78(124)107-76-53-102-110-116(76)43-45-144-47-49-146-51-50-145-48-46-143-44-42-113(54-71(119)87(129)89(131)73(121)56-117)55-72(120)88(130)90(132)74(122)57-118/h16,18-19,26-27,33-38,53,59-64,68-75,82-91,117-122,128-132H,15,17,20-25,28-32,39-52,54-58H2,1-14H3,(H,103,133)(H,104,134)(H,105,123)(H,106,136)(H,107,124)(H,108,135)(H,109,137)(H3,100,101,139)/t62-,63+,64-,68-,69-,70-,71-,72-,73+,74+,75-,82-,83-,84-,85-,86-,87+,88+,89+,90+,91+/m0/s1. The number of aromatic nitrogens is 3. The molecule has 2 aliphatic rings. The number of imide groups is 1. The molecule has 21 atom stereocenters. The highest BCUT2D eigenvalue weighted by molar-refractivity contribution is 6.13. The molecule has 147 heavy (non-hydrogen) atoms. The first-order chi connectivity index (χ1) is 69.9. The van der Waals surface area contributed by atoms with E-state index in [0.717, 1.165) is 9.80 Å². The summed E-state index contributed by atoms with van der Waals surface area (Å²) >= 11 is 0. The van der Waals surface area contributed by atoms with Gasteiger partial charge in [0.15, 0.2) is 5.82 Å². The van der Waals surface area contributed by atoms with Crippen LogP contribution in [0.2, 0.25) is 0 Å². The number of primary amides is 1. The van der Waals surface area contributed by atoms with Crippen LogP contribution in [-0.2, 0) is 99.0 Å². The molecule has 2 aromatic carbocycles. The number of amides is 14. The van der Waals surface area contributed by atoms with Crippen molar-refractivity contribution in [2.45, 2.75) is 288 Å². The summed E-state index contributed by atoms with van der Waals surface area (Å²) < 4.78 is 41.7. The number of methoxy groups -OCH3 is 2. The van der Waals surface area contributed by atoms with Crippen molar-refractivity contribution in [2.75, 3.05) is 144 Å². The molecule has 0 saturated carbocycles. The van der Waals surface area contributed by atoms with Gasteiger partial charge in [0.25, 0.3) is 11.8 Å². The van der Waals surface area contributed by atoms with Crippen LogP contribution in [0.4, 0.5) is 21.1 Å². The minimum absolute atomic E-state index is 0.00785. The number of nitrogens with one attached hydrogen (secondary N) is 8. The molecule has 14 amide bonds. The third-order valence-electron chi connectivity index (χ3n) is 26.0. The molecule has 830 valence electrons. The zero-order valence-corrected chi connectivity index (χ0v) is 87.2. The van der Waals surface area contributed by atoms with E-state index >= 15 is 0 Å². The fourth-order valence-electron chi connectivity index (χ4n) is 17.2. The van der Waals surface area contributed by atoms with E-state index < -0.39 is 231 Å². The number of ether oxygens (including phenoxy) is 7. The molecule has 3 heterocycles. The topological polar surface area (TPSA) is 678 Å². The van der Waals surface area contributed by atoms with E-state index in [1.54, 1.807) is 104 Å². The Morgan fingerprint density at radius 1 is 0.558 bits per heavy atom. The van der Waals surface area contributed by atoms with Crippen molar-refractivity contribution >= 4 is 88.6 Å². The number of rotatable bonds is 73. The van der Waals surface area contributed by atoms with Crippen molar-refractivity contribution in [3.8, 4) is 0 Å². The fraction of sp³-hybridized carbons (Fsp3) is 0.707. The summed E-state index contributed by atoms with van der Waals surface area (Å²) in [4.78, 5) is 185. The van der Waals surface area contributed by atoms with Crippen molar-refractivity contribution in [1.29, 1.82) is 0 Å². The smallest absolute Gasteiger partial charge is 0.410 e. The Hall–Kier alpha value is -10.5. The monoisotopic (exact) mass is 2090 g/mol. The van der Waals surface area contributed by atoms with E-state index in [-0.39, 0.29) is 166 Å². The Kier molecular flexibility index (Phi) is 57.7. The second-order valence-electron chi connectivity index (χ2n) is 38.3. The Morgan fingerprint density at radius 3 is 1.67 bits per heavy atom. The molecule has 2 aliphatic heterocycles. The minimum Gasteiger partial charge on any atom is -0.445 e. The second-order valence-corrected chi connectivity index (χ2v) is 38.3. The quantitative estimate of drug-likeness (QED) is 0.0228. The molecule has 48 nitrogen and oxygen atoms in total. The largest absolute Gasteiger partial charge is 0.445 e. The van der Waals surface area contributed by atoms with Crippen LogP contribution in [-0.4, -0.2) is 416 Å². The molecule has 0 unspecified atom stereocenters. The maximum atomic E-state index is 15.0. The molecule has 5 rings (SSSR count). The number of carbonyl (C=O) groups excluding carboxylic acids is 13. The van der Waals surface area contributed by atoms with Gasteiger partial charge in [-0.3, -0.25) is 67.4 Å². The highest BCUT2D eigenvalue weighted by Crippen LogP contribution is 2.32. The summed E-state index contributed by atoms with van der Waals surface area (Å²) in [7, 11) is 5.99. The van der Waals surface area contributed by atoms with Gasteiger partial charge in [-0.05, 0) is 105 Å². The predicted octanol–water partition coefficient (Wildman–Crippen LogP) is -1.41. The number of anilines is 2. The number of aliphatic hydroxyl groups excluding tert-OH is 11. The lowest BCUT2D eigenvalue weighted by atomic mass is 9.89. The van der Waals surface area contributed by atoms with E-state index in [1.165, 1.54) is 66.2 Å². The molecule has 48 heteroatoms. The molecule has 1 saturated heterocycles. The number of hydrogen-bond acceptors (Lipinski definition) is 34. The van der Waals surface area contributed by atoms with Gasteiger partial charge >= 0.3 is 12.1 Å². The van der Waals surface area contributed by atoms with Gasteiger partial charge in [0.2, 0.25) is 53.2 Å². The van der Waals surface area contributed by atoms with E-state index in [4.69, 9.17) is 49.1 Å². The van der Waals surface area contributed by atoms with Gasteiger partial charge in [-0.15, -0.1) is 5.10 Å². The number of urea groups is 1. The summed E-state index contributed by atoms with van der Waals surface area (Å²) in [5.74, 6) is -8.10. The SMILES string of the molecule is CC[C@H](C)[C@@H]([C@H](CC(=O)N1CCC[C@H]1[C@H](OC)[C@@H](C)C(=O)N[C@@H](C)[C@H](O)c1ccccc1)OC)N(C)C(=O)[C@@H](NC(=O)[C@H](C(C)C)N(C)C(=O)OCc1ccc(NC(=O)[C@H](CCCNC(N)=O)NC(=O)[C@@H](NC(=O)[C@H](CCCCC(=O)Nc2cnnn2CCOCCOCCOCCOCCN(C[C@H](O)[C@@H](O)[C@H](O)[C@H](O)CO)C[C@H](O)[C@@H](O)[C@H](O)[C@H](O)CO)NC(=O)CCCCCN2C(=O)C=CC2=O)C(C)C)cc1)C(C)C. The minimum atomic E-state index is -1.95. The van der Waals surface area contributed by atoms with Gasteiger partial charge in [-0.1, -0.05) is 129 Å². The number of carbonyl (C=O) groups is 13. The van der Waals surface area contributed by atoms with Crippen molar-refractivity contribution in [3.63, 3.8) is 0 Å². The highest BCUT2D eigenvalue weighted by atomic mass is 16.6. The molecule has 0 bridgehead atoms. The van der Waals surface area contributed by atoms with Crippen LogP contribution in [0.3, 0.4) is 0 Å². The lowest BCUT2D eigenvalue weighted by molar-refractivity contribution is -0.148. The van der Waals surface area contributed by atoms with Crippen LogP contribution in [0.1, 0.15) is 176 Å². The summed E-state index contributed by atoms with van der Waals surface area (Å²) in [6.45, 7) is 16.2. The maximum Gasteiger partial charge on any atom is 0.410 e. The highest BCUT2D eigenvalue weighted by Gasteiger charge is 2.46. The van der Waals surface area contributed by atoms with Crippen molar-refractivity contribution < 1.29 is 152 Å². The zero-order chi connectivity index (χ0) is 109. The predicted molar refractivity (Wildman–Crippen MR) is 534 cm³/mol. The molecule has 0 aliphatic carbocycles. The summed E-state index contributed by atoms with van der Waals surface area (Å²) in [5.41, 5.74) is 6.70. The van der Waals surface area contributed by atoms with Crippen LogP contribution in [0.5, 0.6) is 0 Å². The van der Waals surface area contributed by atoms with E-state index in [2.05, 4.69) is 52.8 Å². The number of likely N-dealkylation sites (tertiary alicyclic amines) is 1. The Balaban J connectivity index is 1.14. The van der Waals surface area contributed by atoms with Crippen LogP contribution in [0.25, 0.3) is 0 Å². The van der Waals surface area contributed by atoms with E-state index in [9.17, 15) is 108 Å². The molecule has 0 spiro atoms. The van der Waals surface area contributed by atoms with Gasteiger partial charge in [0.05, 0.1) is 140 Å². The lowest BCUT2D eigenvalue weighted by Gasteiger charge is -2.41. The Morgan fingerprint density at radius 2 is 1.11 bits per heavy atom. The first-order valence-corrected chi connectivity index (χ1v) is 50.5. The number of hydrogen-bond donors (Lipinski definition) is 20. The first-order valence-electron chi connectivity index (χ1n) is 50.5. The van der Waals surface area contributed by atoms with E-state index in [1.807, 2.05) is 19.9 Å². The van der Waals surface area contributed by atoms with E-state index in [0.29, 0.717) is 56.2 Å². The Labute approximate surface area is 859 Å². The maximum absolute atomic E-state index is 15.0. The van der Waals surface area contributed by atoms with Gasteiger partial charge in [0.1, 0.15) is 73.4 Å². The molecule has 3 aromatic rings. The van der Waals surface area contributed by atoms with Gasteiger partial charge in [-0.2, -0.15) is 0 Å². The second kappa shape index (κ2) is 66.8. The number of unbranched alkanes of at least 4 members (excludes halogenated alkanes) is 3. The normalized spacial score (nSPS) is 17.4. The van der Waals surface area contributed by atoms with Crippen LogP contribution >= 0.6 is 0 Å². The molecule has 1 aromatic heterocycles.